The fourth-order valence-electron chi connectivity index (χ4n) is 2.00. The van der Waals surface area contributed by atoms with Gasteiger partial charge in [0.05, 0.1) is 12.2 Å². The Kier molecular flexibility index (Phi) is 2.21. The van der Waals surface area contributed by atoms with Crippen LogP contribution >= 0.6 is 0 Å². The third kappa shape index (κ3) is 1.38. The highest BCUT2D eigenvalue weighted by atomic mass is 16.3. The molecule has 2 rings (SSSR count). The van der Waals surface area contributed by atoms with Gasteiger partial charge in [-0.05, 0) is 29.7 Å². The van der Waals surface area contributed by atoms with E-state index in [2.05, 4.69) is 0 Å². The normalized spacial score (nSPS) is 31.2. The first-order valence-corrected chi connectivity index (χ1v) is 4.84. The van der Waals surface area contributed by atoms with Gasteiger partial charge in [-0.1, -0.05) is 13.0 Å². The van der Waals surface area contributed by atoms with E-state index < -0.39 is 12.2 Å². The van der Waals surface area contributed by atoms with Crippen molar-refractivity contribution < 1.29 is 10.2 Å². The SMILES string of the molecule is CC1C(O)Cc2cc(N)ccc2C1O. The maximum absolute atomic E-state index is 9.89. The molecule has 4 N–H and O–H groups in total. The van der Waals surface area contributed by atoms with Crippen LogP contribution in [0.25, 0.3) is 0 Å². The van der Waals surface area contributed by atoms with Gasteiger partial charge in [0, 0.05) is 11.6 Å². The van der Waals surface area contributed by atoms with Crippen LogP contribution in [0.2, 0.25) is 0 Å². The monoisotopic (exact) mass is 193 g/mol. The summed E-state index contributed by atoms with van der Waals surface area (Å²) in [7, 11) is 0. The number of hydrogen-bond donors (Lipinski definition) is 3. The van der Waals surface area contributed by atoms with Crippen molar-refractivity contribution in [1.29, 1.82) is 0 Å². The molecule has 1 aromatic rings. The number of anilines is 1. The summed E-state index contributed by atoms with van der Waals surface area (Å²) in [6.45, 7) is 1.86. The highest BCUT2D eigenvalue weighted by Gasteiger charge is 2.31. The second-order valence-corrected chi connectivity index (χ2v) is 4.03. The van der Waals surface area contributed by atoms with Gasteiger partial charge in [0.2, 0.25) is 0 Å². The van der Waals surface area contributed by atoms with Crippen LogP contribution in [0.5, 0.6) is 0 Å². The molecule has 0 bridgehead atoms. The first kappa shape index (κ1) is 9.49. The zero-order chi connectivity index (χ0) is 10.3. The summed E-state index contributed by atoms with van der Waals surface area (Å²) in [5.74, 6) is -0.105. The number of benzene rings is 1. The molecule has 3 heteroatoms. The predicted molar refractivity (Wildman–Crippen MR) is 54.7 cm³/mol. The van der Waals surface area contributed by atoms with Gasteiger partial charge >= 0.3 is 0 Å². The molecule has 1 aliphatic rings. The highest BCUT2D eigenvalue weighted by molar-refractivity contribution is 5.46. The number of rotatable bonds is 0. The van der Waals surface area contributed by atoms with Gasteiger partial charge in [0.1, 0.15) is 0 Å². The Morgan fingerprint density at radius 2 is 2.07 bits per heavy atom. The Hall–Kier alpha value is -1.06. The Morgan fingerprint density at radius 3 is 2.79 bits per heavy atom. The van der Waals surface area contributed by atoms with E-state index in [0.717, 1.165) is 11.1 Å². The summed E-state index contributed by atoms with van der Waals surface area (Å²) < 4.78 is 0. The molecule has 1 aliphatic carbocycles. The average molecular weight is 193 g/mol. The molecule has 0 heterocycles. The molecular formula is C11H15NO2. The fourth-order valence-corrected chi connectivity index (χ4v) is 2.00. The number of nitrogens with two attached hydrogens (primary N) is 1. The summed E-state index contributed by atoms with van der Waals surface area (Å²) >= 11 is 0. The second kappa shape index (κ2) is 3.26. The van der Waals surface area contributed by atoms with Crippen molar-refractivity contribution in [2.24, 2.45) is 5.92 Å². The predicted octanol–water partition coefficient (Wildman–Crippen LogP) is 0.855. The largest absolute Gasteiger partial charge is 0.399 e. The minimum absolute atomic E-state index is 0.105. The fraction of sp³-hybridized carbons (Fsp3) is 0.455. The van der Waals surface area contributed by atoms with Crippen LogP contribution in [-0.4, -0.2) is 16.3 Å². The standard InChI is InChI=1S/C11H15NO2/c1-6-10(13)5-7-4-8(12)2-3-9(7)11(6)14/h2-4,6,10-11,13-14H,5,12H2,1H3. The molecule has 3 unspecified atom stereocenters. The molecule has 0 aliphatic heterocycles. The Labute approximate surface area is 83.2 Å². The zero-order valence-corrected chi connectivity index (χ0v) is 8.14. The molecule has 3 atom stereocenters. The molecule has 14 heavy (non-hydrogen) atoms. The summed E-state index contributed by atoms with van der Waals surface area (Å²) in [5, 5.41) is 19.6. The number of aliphatic hydroxyl groups excluding tert-OH is 2. The summed E-state index contributed by atoms with van der Waals surface area (Å²) in [6, 6.07) is 5.46. The lowest BCUT2D eigenvalue weighted by Crippen LogP contribution is -2.31. The van der Waals surface area contributed by atoms with Gasteiger partial charge in [0.15, 0.2) is 0 Å². The smallest absolute Gasteiger partial charge is 0.0843 e. The van der Waals surface area contributed by atoms with Crippen molar-refractivity contribution in [2.75, 3.05) is 5.73 Å². The summed E-state index contributed by atoms with van der Waals surface area (Å²) in [4.78, 5) is 0. The van der Waals surface area contributed by atoms with Crippen molar-refractivity contribution >= 4 is 5.69 Å². The minimum atomic E-state index is -0.575. The van der Waals surface area contributed by atoms with Gasteiger partial charge in [-0.25, -0.2) is 0 Å². The van der Waals surface area contributed by atoms with Crippen LogP contribution < -0.4 is 5.73 Å². The number of hydrogen-bond acceptors (Lipinski definition) is 3. The van der Waals surface area contributed by atoms with Gasteiger partial charge in [-0.3, -0.25) is 0 Å². The van der Waals surface area contributed by atoms with E-state index in [1.807, 2.05) is 19.1 Å². The van der Waals surface area contributed by atoms with Crippen molar-refractivity contribution in [3.05, 3.63) is 29.3 Å². The Balaban J connectivity index is 2.45. The van der Waals surface area contributed by atoms with Crippen molar-refractivity contribution in [2.45, 2.75) is 25.6 Å². The lowest BCUT2D eigenvalue weighted by Gasteiger charge is -2.31. The minimum Gasteiger partial charge on any atom is -0.399 e. The van der Waals surface area contributed by atoms with E-state index in [1.165, 1.54) is 0 Å². The number of nitrogen functional groups attached to an aromatic ring is 1. The topological polar surface area (TPSA) is 66.5 Å². The molecule has 0 saturated heterocycles. The first-order chi connectivity index (χ1) is 6.59. The van der Waals surface area contributed by atoms with E-state index in [1.54, 1.807) is 6.07 Å². The molecule has 0 saturated carbocycles. The van der Waals surface area contributed by atoms with Gasteiger partial charge in [-0.2, -0.15) is 0 Å². The van der Waals surface area contributed by atoms with Crippen LogP contribution in [-0.2, 0) is 6.42 Å². The van der Waals surface area contributed by atoms with Gasteiger partial charge in [-0.15, -0.1) is 0 Å². The molecule has 0 radical (unpaired) electrons. The summed E-state index contributed by atoms with van der Waals surface area (Å²) in [5.41, 5.74) is 8.18. The zero-order valence-electron chi connectivity index (χ0n) is 8.14. The van der Waals surface area contributed by atoms with E-state index >= 15 is 0 Å². The average Bonchev–Trinajstić information content (AvgIpc) is 2.14. The molecule has 0 fully saturated rings. The number of fused-ring (bicyclic) bond motifs is 1. The first-order valence-electron chi connectivity index (χ1n) is 4.84. The van der Waals surface area contributed by atoms with E-state index in [9.17, 15) is 10.2 Å². The molecular weight excluding hydrogens is 178 g/mol. The Morgan fingerprint density at radius 1 is 1.36 bits per heavy atom. The quantitative estimate of drug-likeness (QED) is 0.535. The van der Waals surface area contributed by atoms with Gasteiger partial charge in [0.25, 0.3) is 0 Å². The van der Waals surface area contributed by atoms with Crippen LogP contribution in [0, 0.1) is 5.92 Å². The van der Waals surface area contributed by atoms with Crippen LogP contribution in [0.4, 0.5) is 5.69 Å². The van der Waals surface area contributed by atoms with Crippen molar-refractivity contribution in [3.8, 4) is 0 Å². The molecule has 0 spiro atoms. The second-order valence-electron chi connectivity index (χ2n) is 4.03. The Bertz CT molecular complexity index is 351. The van der Waals surface area contributed by atoms with Crippen molar-refractivity contribution in [1.82, 2.24) is 0 Å². The van der Waals surface area contributed by atoms with Crippen LogP contribution in [0.15, 0.2) is 18.2 Å². The van der Waals surface area contributed by atoms with Gasteiger partial charge < -0.3 is 15.9 Å². The van der Waals surface area contributed by atoms with E-state index in [0.29, 0.717) is 12.1 Å². The molecule has 0 amide bonds. The van der Waals surface area contributed by atoms with Crippen LogP contribution in [0.1, 0.15) is 24.2 Å². The molecule has 76 valence electrons. The van der Waals surface area contributed by atoms with E-state index in [4.69, 9.17) is 5.73 Å². The maximum atomic E-state index is 9.89. The molecule has 3 nitrogen and oxygen atoms in total. The lowest BCUT2D eigenvalue weighted by molar-refractivity contribution is 0.00969. The number of aliphatic hydroxyl groups is 2. The maximum Gasteiger partial charge on any atom is 0.0843 e. The van der Waals surface area contributed by atoms with Crippen molar-refractivity contribution in [3.63, 3.8) is 0 Å². The third-order valence-corrected chi connectivity index (χ3v) is 3.02. The van der Waals surface area contributed by atoms with Crippen LogP contribution in [0.3, 0.4) is 0 Å². The van der Waals surface area contributed by atoms with E-state index in [-0.39, 0.29) is 5.92 Å². The lowest BCUT2D eigenvalue weighted by atomic mass is 9.80. The highest BCUT2D eigenvalue weighted by Crippen LogP contribution is 2.34. The molecule has 0 aromatic heterocycles. The third-order valence-electron chi connectivity index (χ3n) is 3.02. The summed E-state index contributed by atoms with van der Waals surface area (Å²) in [6.07, 6.45) is -0.466. The molecule has 1 aromatic carbocycles.